The Bertz CT molecular complexity index is 737. The molecule has 0 bridgehead atoms. The van der Waals surface area contributed by atoms with Crippen molar-refractivity contribution in [3.8, 4) is 0 Å². The van der Waals surface area contributed by atoms with Crippen LogP contribution in [0.25, 0.3) is 6.08 Å². The van der Waals surface area contributed by atoms with Crippen molar-refractivity contribution in [3.05, 3.63) is 50.6 Å². The van der Waals surface area contributed by atoms with Gasteiger partial charge in [0.15, 0.2) is 0 Å². The second kappa shape index (κ2) is 7.38. The summed E-state index contributed by atoms with van der Waals surface area (Å²) in [5, 5.41) is 5.55. The highest BCUT2D eigenvalue weighted by atomic mass is 79.9. The van der Waals surface area contributed by atoms with Gasteiger partial charge in [-0.3, -0.25) is 9.59 Å². The fourth-order valence-corrected chi connectivity index (χ4v) is 3.17. The highest BCUT2D eigenvalue weighted by molar-refractivity contribution is 9.11. The maximum Gasteiger partial charge on any atom is 0.248 e. The van der Waals surface area contributed by atoms with E-state index in [9.17, 15) is 9.59 Å². The van der Waals surface area contributed by atoms with Gasteiger partial charge in [0.05, 0.1) is 3.79 Å². The predicted molar refractivity (Wildman–Crippen MR) is 95.2 cm³/mol. The number of hydrogen-bond donors (Lipinski definition) is 2. The van der Waals surface area contributed by atoms with E-state index in [1.807, 2.05) is 19.1 Å². The molecule has 0 saturated carbocycles. The number of carbonyl (C=O) groups is 2. The molecule has 6 heteroatoms. The minimum Gasteiger partial charge on any atom is -0.326 e. The normalized spacial score (nSPS) is 10.7. The SMILES string of the molecule is CC(=O)Nc1cccc(NC(=O)/C=C/c2ccc(Br)s2)c1C. The first-order valence-electron chi connectivity index (χ1n) is 6.57. The van der Waals surface area contributed by atoms with E-state index in [1.165, 1.54) is 13.0 Å². The number of anilines is 2. The first-order chi connectivity index (χ1) is 10.5. The van der Waals surface area contributed by atoms with Crippen LogP contribution >= 0.6 is 27.3 Å². The van der Waals surface area contributed by atoms with E-state index < -0.39 is 0 Å². The van der Waals surface area contributed by atoms with Crippen LogP contribution in [0.15, 0.2) is 40.2 Å². The van der Waals surface area contributed by atoms with Crippen LogP contribution < -0.4 is 10.6 Å². The Balaban J connectivity index is 2.08. The van der Waals surface area contributed by atoms with Gasteiger partial charge >= 0.3 is 0 Å². The zero-order valence-corrected chi connectivity index (χ0v) is 14.5. The standard InChI is InChI=1S/C16H15BrN2O2S/c1-10-13(18-11(2)20)4-3-5-14(10)19-16(21)9-7-12-6-8-15(17)22-12/h3-9H,1-2H3,(H,18,20)(H,19,21)/b9-7+. The van der Waals surface area contributed by atoms with Crippen molar-refractivity contribution in [1.29, 1.82) is 0 Å². The molecular formula is C16H15BrN2O2S. The Morgan fingerprint density at radius 2 is 1.82 bits per heavy atom. The van der Waals surface area contributed by atoms with E-state index in [4.69, 9.17) is 0 Å². The Morgan fingerprint density at radius 1 is 1.14 bits per heavy atom. The van der Waals surface area contributed by atoms with Gasteiger partial charge < -0.3 is 10.6 Å². The van der Waals surface area contributed by atoms with E-state index in [0.29, 0.717) is 11.4 Å². The van der Waals surface area contributed by atoms with Crippen LogP contribution in [0.3, 0.4) is 0 Å². The summed E-state index contributed by atoms with van der Waals surface area (Å²) in [5.74, 6) is -0.359. The van der Waals surface area contributed by atoms with Gasteiger partial charge in [0.1, 0.15) is 0 Å². The van der Waals surface area contributed by atoms with Gasteiger partial charge in [0.2, 0.25) is 11.8 Å². The van der Waals surface area contributed by atoms with Crippen molar-refractivity contribution in [2.45, 2.75) is 13.8 Å². The lowest BCUT2D eigenvalue weighted by Crippen LogP contribution is -2.11. The lowest BCUT2D eigenvalue weighted by atomic mass is 10.1. The fourth-order valence-electron chi connectivity index (χ4n) is 1.85. The number of carbonyl (C=O) groups excluding carboxylic acids is 2. The van der Waals surface area contributed by atoms with Crippen molar-refractivity contribution in [2.24, 2.45) is 0 Å². The average Bonchev–Trinajstić information content (AvgIpc) is 2.86. The van der Waals surface area contributed by atoms with Gasteiger partial charge in [-0.25, -0.2) is 0 Å². The summed E-state index contributed by atoms with van der Waals surface area (Å²) < 4.78 is 1.02. The number of halogens is 1. The average molecular weight is 379 g/mol. The summed E-state index contributed by atoms with van der Waals surface area (Å²) in [6, 6.07) is 9.25. The number of thiophene rings is 1. The molecule has 0 fully saturated rings. The van der Waals surface area contributed by atoms with Crippen LogP contribution in [0.5, 0.6) is 0 Å². The molecule has 1 heterocycles. The van der Waals surface area contributed by atoms with E-state index in [0.717, 1.165) is 14.2 Å². The maximum atomic E-state index is 12.0. The van der Waals surface area contributed by atoms with Crippen molar-refractivity contribution in [2.75, 3.05) is 10.6 Å². The fraction of sp³-hybridized carbons (Fsp3) is 0.125. The molecule has 114 valence electrons. The van der Waals surface area contributed by atoms with Crippen molar-refractivity contribution >= 4 is 56.5 Å². The van der Waals surface area contributed by atoms with E-state index in [2.05, 4.69) is 26.6 Å². The van der Waals surface area contributed by atoms with Crippen LogP contribution in [0.1, 0.15) is 17.4 Å². The first kappa shape index (κ1) is 16.5. The number of amides is 2. The number of hydrogen-bond acceptors (Lipinski definition) is 3. The molecule has 1 aromatic heterocycles. The minimum atomic E-state index is -0.215. The lowest BCUT2D eigenvalue weighted by Gasteiger charge is -2.11. The molecule has 0 saturated heterocycles. The molecule has 1 aromatic carbocycles. The zero-order valence-electron chi connectivity index (χ0n) is 12.1. The van der Waals surface area contributed by atoms with Gasteiger partial charge in [0.25, 0.3) is 0 Å². The van der Waals surface area contributed by atoms with Crippen LogP contribution in [0.2, 0.25) is 0 Å². The molecule has 4 nitrogen and oxygen atoms in total. The molecule has 0 radical (unpaired) electrons. The van der Waals surface area contributed by atoms with Crippen LogP contribution in [-0.2, 0) is 9.59 Å². The van der Waals surface area contributed by atoms with Crippen molar-refractivity contribution < 1.29 is 9.59 Å². The molecule has 2 amide bonds. The van der Waals surface area contributed by atoms with Gasteiger partial charge in [-0.2, -0.15) is 0 Å². The third-order valence-electron chi connectivity index (χ3n) is 2.90. The molecule has 0 unspecified atom stereocenters. The highest BCUT2D eigenvalue weighted by Crippen LogP contribution is 2.24. The third-order valence-corrected chi connectivity index (χ3v) is 4.48. The number of rotatable bonds is 4. The Morgan fingerprint density at radius 3 is 2.41 bits per heavy atom. The molecule has 0 spiro atoms. The van der Waals surface area contributed by atoms with Gasteiger partial charge in [-0.05, 0) is 58.8 Å². The maximum absolute atomic E-state index is 12.0. The zero-order chi connectivity index (χ0) is 16.1. The second-order valence-electron chi connectivity index (χ2n) is 4.62. The molecule has 0 aliphatic carbocycles. The van der Waals surface area contributed by atoms with Crippen molar-refractivity contribution in [3.63, 3.8) is 0 Å². The molecule has 0 aliphatic rings. The van der Waals surface area contributed by atoms with Crippen LogP contribution in [0, 0.1) is 6.92 Å². The van der Waals surface area contributed by atoms with Crippen LogP contribution in [0.4, 0.5) is 11.4 Å². The monoisotopic (exact) mass is 378 g/mol. The first-order valence-corrected chi connectivity index (χ1v) is 8.18. The predicted octanol–water partition coefficient (Wildman–Crippen LogP) is 4.43. The second-order valence-corrected chi connectivity index (χ2v) is 7.12. The summed E-state index contributed by atoms with van der Waals surface area (Å²) in [4.78, 5) is 24.1. The Hall–Kier alpha value is -1.92. The van der Waals surface area contributed by atoms with Crippen molar-refractivity contribution in [1.82, 2.24) is 0 Å². The molecule has 0 atom stereocenters. The lowest BCUT2D eigenvalue weighted by molar-refractivity contribution is -0.114. The molecule has 2 rings (SSSR count). The smallest absolute Gasteiger partial charge is 0.248 e. The summed E-state index contributed by atoms with van der Waals surface area (Å²) in [5.41, 5.74) is 2.18. The summed E-state index contributed by atoms with van der Waals surface area (Å²) in [6.45, 7) is 3.30. The van der Waals surface area contributed by atoms with Gasteiger partial charge in [0, 0.05) is 29.3 Å². The molecule has 0 aliphatic heterocycles. The van der Waals surface area contributed by atoms with Gasteiger partial charge in [-0.1, -0.05) is 6.07 Å². The summed E-state index contributed by atoms with van der Waals surface area (Å²) >= 11 is 4.93. The number of benzene rings is 1. The largest absolute Gasteiger partial charge is 0.326 e. The highest BCUT2D eigenvalue weighted by Gasteiger charge is 2.07. The molecule has 22 heavy (non-hydrogen) atoms. The van der Waals surface area contributed by atoms with E-state index >= 15 is 0 Å². The topological polar surface area (TPSA) is 58.2 Å². The minimum absolute atomic E-state index is 0.144. The molecular weight excluding hydrogens is 364 g/mol. The Labute approximate surface area is 141 Å². The summed E-state index contributed by atoms with van der Waals surface area (Å²) in [7, 11) is 0. The Kier molecular flexibility index (Phi) is 5.51. The quantitative estimate of drug-likeness (QED) is 0.773. The summed E-state index contributed by atoms with van der Waals surface area (Å²) in [6.07, 6.45) is 3.25. The third kappa shape index (κ3) is 4.54. The van der Waals surface area contributed by atoms with E-state index in [-0.39, 0.29) is 11.8 Å². The number of nitrogens with one attached hydrogen (secondary N) is 2. The van der Waals surface area contributed by atoms with Crippen LogP contribution in [-0.4, -0.2) is 11.8 Å². The molecule has 2 N–H and O–H groups in total. The van der Waals surface area contributed by atoms with E-state index in [1.54, 1.807) is 35.6 Å². The molecule has 2 aromatic rings. The van der Waals surface area contributed by atoms with Gasteiger partial charge in [-0.15, -0.1) is 11.3 Å².